The van der Waals surface area contributed by atoms with E-state index in [1.165, 1.54) is 0 Å². The van der Waals surface area contributed by atoms with Crippen LogP contribution in [0.2, 0.25) is 0 Å². The van der Waals surface area contributed by atoms with Crippen LogP contribution in [0.3, 0.4) is 0 Å². The smallest absolute Gasteiger partial charge is 0.315 e. The molecule has 0 aliphatic carbocycles. The number of hydrogen-bond acceptors (Lipinski definition) is 5. The van der Waals surface area contributed by atoms with Crippen molar-refractivity contribution >= 4 is 17.4 Å². The fourth-order valence-corrected chi connectivity index (χ4v) is 3.16. The standard InChI is InChI=1S/C15H27N5OS/c1-12-18-13(10-22-12)9-16-14(21)17-11-15(2,3)20-7-5-19(4)6-8-20/h10H,5-9,11H2,1-4H3,(H2,16,17,21). The van der Waals surface area contributed by atoms with Gasteiger partial charge in [0.1, 0.15) is 0 Å². The van der Waals surface area contributed by atoms with Gasteiger partial charge in [-0.3, -0.25) is 4.90 Å². The van der Waals surface area contributed by atoms with Crippen molar-refractivity contribution in [3.8, 4) is 0 Å². The Kier molecular flexibility index (Phi) is 5.77. The Morgan fingerprint density at radius 2 is 2.00 bits per heavy atom. The average molecular weight is 325 g/mol. The summed E-state index contributed by atoms with van der Waals surface area (Å²) in [5.41, 5.74) is 0.881. The zero-order valence-electron chi connectivity index (χ0n) is 14.0. The van der Waals surface area contributed by atoms with Gasteiger partial charge >= 0.3 is 6.03 Å². The first-order chi connectivity index (χ1) is 10.4. The summed E-state index contributed by atoms with van der Waals surface area (Å²) in [6, 6.07) is -0.132. The van der Waals surface area contributed by atoms with Crippen LogP contribution in [0.25, 0.3) is 0 Å². The minimum atomic E-state index is -0.132. The number of thiazole rings is 1. The average Bonchev–Trinajstić information content (AvgIpc) is 2.89. The molecule has 1 aromatic heterocycles. The normalized spacial score (nSPS) is 17.5. The summed E-state index contributed by atoms with van der Waals surface area (Å²) < 4.78 is 0. The molecule has 124 valence electrons. The summed E-state index contributed by atoms with van der Waals surface area (Å²) in [4.78, 5) is 21.0. The first-order valence-electron chi connectivity index (χ1n) is 7.73. The predicted molar refractivity (Wildman–Crippen MR) is 90.2 cm³/mol. The summed E-state index contributed by atoms with van der Waals surface area (Å²) >= 11 is 1.60. The molecule has 6 nitrogen and oxygen atoms in total. The number of hydrogen-bond donors (Lipinski definition) is 2. The third kappa shape index (κ3) is 4.93. The number of carbonyl (C=O) groups is 1. The van der Waals surface area contributed by atoms with Gasteiger partial charge in [-0.15, -0.1) is 11.3 Å². The number of carbonyl (C=O) groups excluding carboxylic acids is 1. The van der Waals surface area contributed by atoms with Crippen LogP contribution in [-0.4, -0.2) is 66.1 Å². The van der Waals surface area contributed by atoms with E-state index in [1.54, 1.807) is 11.3 Å². The molecular weight excluding hydrogens is 298 g/mol. The van der Waals surface area contributed by atoms with E-state index in [0.29, 0.717) is 13.1 Å². The van der Waals surface area contributed by atoms with Crippen LogP contribution >= 0.6 is 11.3 Å². The van der Waals surface area contributed by atoms with Gasteiger partial charge in [0.25, 0.3) is 0 Å². The van der Waals surface area contributed by atoms with Gasteiger partial charge in [0.05, 0.1) is 17.2 Å². The van der Waals surface area contributed by atoms with Crippen molar-refractivity contribution in [1.29, 1.82) is 0 Å². The van der Waals surface area contributed by atoms with Crippen LogP contribution < -0.4 is 10.6 Å². The van der Waals surface area contributed by atoms with Crippen molar-refractivity contribution in [1.82, 2.24) is 25.4 Å². The minimum Gasteiger partial charge on any atom is -0.336 e. The van der Waals surface area contributed by atoms with Gasteiger partial charge < -0.3 is 15.5 Å². The number of rotatable bonds is 5. The van der Waals surface area contributed by atoms with Crippen molar-refractivity contribution in [3.63, 3.8) is 0 Å². The largest absolute Gasteiger partial charge is 0.336 e. The van der Waals surface area contributed by atoms with Crippen LogP contribution in [-0.2, 0) is 6.54 Å². The molecule has 0 spiro atoms. The highest BCUT2D eigenvalue weighted by Crippen LogP contribution is 2.15. The fourth-order valence-electron chi connectivity index (χ4n) is 2.54. The number of likely N-dealkylation sites (N-methyl/N-ethyl adjacent to an activating group) is 1. The van der Waals surface area contributed by atoms with E-state index in [4.69, 9.17) is 0 Å². The topological polar surface area (TPSA) is 60.5 Å². The van der Waals surface area contributed by atoms with Crippen molar-refractivity contribution in [2.75, 3.05) is 39.8 Å². The molecule has 2 heterocycles. The molecule has 0 aromatic carbocycles. The number of aryl methyl sites for hydroxylation is 1. The van der Waals surface area contributed by atoms with E-state index in [0.717, 1.165) is 36.9 Å². The van der Waals surface area contributed by atoms with E-state index < -0.39 is 0 Å². The zero-order valence-corrected chi connectivity index (χ0v) is 14.8. The van der Waals surface area contributed by atoms with Gasteiger partial charge in [-0.25, -0.2) is 9.78 Å². The summed E-state index contributed by atoms with van der Waals surface area (Å²) in [6.07, 6.45) is 0. The van der Waals surface area contributed by atoms with Crippen LogP contribution in [0.4, 0.5) is 4.79 Å². The highest BCUT2D eigenvalue weighted by molar-refractivity contribution is 7.09. The SMILES string of the molecule is Cc1nc(CNC(=O)NCC(C)(C)N2CCN(C)CC2)cs1. The van der Waals surface area contributed by atoms with E-state index in [9.17, 15) is 4.79 Å². The number of aromatic nitrogens is 1. The lowest BCUT2D eigenvalue weighted by Gasteiger charge is -2.43. The summed E-state index contributed by atoms with van der Waals surface area (Å²) in [7, 11) is 2.15. The van der Waals surface area contributed by atoms with E-state index in [1.807, 2.05) is 12.3 Å². The Balaban J connectivity index is 1.72. The summed E-state index contributed by atoms with van der Waals surface area (Å²) in [6.45, 7) is 11.7. The molecular formula is C15H27N5OS. The first kappa shape index (κ1) is 17.2. The van der Waals surface area contributed by atoms with Gasteiger partial charge in [0.15, 0.2) is 0 Å². The molecule has 2 amide bonds. The molecule has 22 heavy (non-hydrogen) atoms. The van der Waals surface area contributed by atoms with Gasteiger partial charge in [-0.2, -0.15) is 0 Å². The van der Waals surface area contributed by atoms with E-state index >= 15 is 0 Å². The zero-order chi connectivity index (χ0) is 16.2. The Bertz CT molecular complexity index is 494. The summed E-state index contributed by atoms with van der Waals surface area (Å²) in [5.74, 6) is 0. The maximum Gasteiger partial charge on any atom is 0.315 e. The Labute approximate surface area is 136 Å². The lowest BCUT2D eigenvalue weighted by atomic mass is 10.0. The molecule has 0 unspecified atom stereocenters. The molecule has 7 heteroatoms. The van der Waals surface area contributed by atoms with Gasteiger partial charge in [0, 0.05) is 43.6 Å². The number of nitrogens with zero attached hydrogens (tertiary/aromatic N) is 3. The third-order valence-corrected chi connectivity index (χ3v) is 4.96. The van der Waals surface area contributed by atoms with Crippen molar-refractivity contribution in [2.45, 2.75) is 32.9 Å². The molecule has 1 fully saturated rings. The molecule has 2 rings (SSSR count). The molecule has 1 aliphatic rings. The number of nitrogens with one attached hydrogen (secondary N) is 2. The molecule has 0 saturated carbocycles. The molecule has 1 saturated heterocycles. The van der Waals surface area contributed by atoms with E-state index in [2.05, 4.69) is 46.3 Å². The highest BCUT2D eigenvalue weighted by Gasteiger charge is 2.29. The van der Waals surface area contributed by atoms with Gasteiger partial charge in [0.2, 0.25) is 0 Å². The Morgan fingerprint density at radius 3 is 2.59 bits per heavy atom. The lowest BCUT2D eigenvalue weighted by Crippen LogP contribution is -2.58. The van der Waals surface area contributed by atoms with Gasteiger partial charge in [-0.1, -0.05) is 0 Å². The first-order valence-corrected chi connectivity index (χ1v) is 8.61. The Hall–Kier alpha value is -1.18. The van der Waals surface area contributed by atoms with Gasteiger partial charge in [-0.05, 0) is 27.8 Å². The number of piperazine rings is 1. The molecule has 2 N–H and O–H groups in total. The summed E-state index contributed by atoms with van der Waals surface area (Å²) in [5, 5.41) is 8.84. The van der Waals surface area contributed by atoms with Crippen LogP contribution in [0.5, 0.6) is 0 Å². The number of urea groups is 1. The van der Waals surface area contributed by atoms with Crippen molar-refractivity contribution < 1.29 is 4.79 Å². The maximum atomic E-state index is 11.9. The second kappa shape index (κ2) is 7.39. The predicted octanol–water partition coefficient (Wildman–Crippen LogP) is 1.28. The van der Waals surface area contributed by atoms with Crippen LogP contribution in [0.15, 0.2) is 5.38 Å². The molecule has 1 aliphatic heterocycles. The quantitative estimate of drug-likeness (QED) is 0.856. The fraction of sp³-hybridized carbons (Fsp3) is 0.733. The second-order valence-corrected chi connectivity index (χ2v) is 7.56. The van der Waals surface area contributed by atoms with Crippen molar-refractivity contribution in [3.05, 3.63) is 16.1 Å². The van der Waals surface area contributed by atoms with Crippen molar-refractivity contribution in [2.24, 2.45) is 0 Å². The molecule has 1 aromatic rings. The molecule has 0 bridgehead atoms. The maximum absolute atomic E-state index is 11.9. The second-order valence-electron chi connectivity index (χ2n) is 6.50. The molecule has 0 atom stereocenters. The third-order valence-electron chi connectivity index (χ3n) is 4.14. The lowest BCUT2D eigenvalue weighted by molar-refractivity contribution is 0.0633. The molecule has 0 radical (unpaired) electrons. The number of amides is 2. The monoisotopic (exact) mass is 325 g/mol. The minimum absolute atomic E-state index is 0.0319. The highest BCUT2D eigenvalue weighted by atomic mass is 32.1. The Morgan fingerprint density at radius 1 is 1.32 bits per heavy atom. The van der Waals surface area contributed by atoms with E-state index in [-0.39, 0.29) is 11.6 Å². The van der Waals surface area contributed by atoms with Crippen LogP contribution in [0, 0.1) is 6.92 Å². The van der Waals surface area contributed by atoms with Crippen LogP contribution in [0.1, 0.15) is 24.5 Å².